The van der Waals surface area contributed by atoms with Crippen molar-refractivity contribution in [2.45, 2.75) is 6.54 Å². The Morgan fingerprint density at radius 2 is 2.15 bits per heavy atom. The summed E-state index contributed by atoms with van der Waals surface area (Å²) in [7, 11) is 0. The average molecular weight is 204 g/mol. The van der Waals surface area contributed by atoms with Crippen molar-refractivity contribution in [3.8, 4) is 0 Å². The van der Waals surface area contributed by atoms with E-state index in [1.807, 2.05) is 0 Å². The summed E-state index contributed by atoms with van der Waals surface area (Å²) in [6, 6.07) is 2.12. The molecule has 1 aromatic rings. The Balaban J connectivity index is 3.16. The molecule has 68 valence electrons. The molecule has 0 aromatic heterocycles. The van der Waals surface area contributed by atoms with E-state index in [9.17, 15) is 8.78 Å². The normalized spacial score (nSPS) is 9.46. The van der Waals surface area contributed by atoms with Crippen LogP contribution in [0.1, 0.15) is 5.56 Å². The molecule has 6 heteroatoms. The Morgan fingerprint density at radius 1 is 1.46 bits per heavy atom. The van der Waals surface area contributed by atoms with Gasteiger partial charge in [0.2, 0.25) is 0 Å². The van der Waals surface area contributed by atoms with Crippen LogP contribution in [0.25, 0.3) is 10.4 Å². The maximum atomic E-state index is 13.0. The third-order valence-electron chi connectivity index (χ3n) is 1.43. The third kappa shape index (κ3) is 2.08. The van der Waals surface area contributed by atoms with Gasteiger partial charge in [0.05, 0.1) is 11.6 Å². The van der Waals surface area contributed by atoms with Gasteiger partial charge in [-0.15, -0.1) is 0 Å². The summed E-state index contributed by atoms with van der Waals surface area (Å²) in [6.07, 6.45) is 0. The fourth-order valence-electron chi connectivity index (χ4n) is 0.816. The van der Waals surface area contributed by atoms with E-state index < -0.39 is 11.6 Å². The first-order chi connectivity index (χ1) is 6.16. The Morgan fingerprint density at radius 3 is 2.77 bits per heavy atom. The zero-order valence-corrected chi connectivity index (χ0v) is 7.09. The summed E-state index contributed by atoms with van der Waals surface area (Å²) in [5.74, 6) is -1.65. The molecular weight excluding hydrogens is 200 g/mol. The van der Waals surface area contributed by atoms with Gasteiger partial charge < -0.3 is 0 Å². The lowest BCUT2D eigenvalue weighted by atomic mass is 10.2. The smallest absolute Gasteiger partial charge is 0.148 e. The summed E-state index contributed by atoms with van der Waals surface area (Å²) in [6.45, 7) is -0.380. The molecular formula is C7H4ClF2N3. The van der Waals surface area contributed by atoms with Crippen LogP contribution < -0.4 is 0 Å². The molecule has 0 radical (unpaired) electrons. The van der Waals surface area contributed by atoms with Crippen LogP contribution in [0.15, 0.2) is 17.2 Å². The van der Waals surface area contributed by atoms with Crippen molar-refractivity contribution in [1.82, 2.24) is 0 Å². The van der Waals surface area contributed by atoms with Crippen molar-refractivity contribution < 1.29 is 8.78 Å². The largest absolute Gasteiger partial charge is 0.207 e. The van der Waals surface area contributed by atoms with Gasteiger partial charge in [0, 0.05) is 10.5 Å². The number of nitrogens with zero attached hydrogens (tertiary/aromatic N) is 3. The van der Waals surface area contributed by atoms with Crippen molar-refractivity contribution in [1.29, 1.82) is 0 Å². The van der Waals surface area contributed by atoms with E-state index in [0.29, 0.717) is 0 Å². The Hall–Kier alpha value is -1.32. The fraction of sp³-hybridized carbons (Fsp3) is 0.143. The Labute approximate surface area is 77.6 Å². The van der Waals surface area contributed by atoms with Gasteiger partial charge >= 0.3 is 0 Å². The van der Waals surface area contributed by atoms with E-state index in [-0.39, 0.29) is 17.1 Å². The van der Waals surface area contributed by atoms with E-state index in [4.69, 9.17) is 17.1 Å². The van der Waals surface area contributed by atoms with Crippen LogP contribution in [0.3, 0.4) is 0 Å². The fourth-order valence-corrected chi connectivity index (χ4v) is 0.993. The average Bonchev–Trinajstić information content (AvgIpc) is 2.12. The van der Waals surface area contributed by atoms with Crippen molar-refractivity contribution in [2.75, 3.05) is 0 Å². The molecule has 0 N–H and O–H groups in total. The van der Waals surface area contributed by atoms with E-state index >= 15 is 0 Å². The molecule has 3 nitrogen and oxygen atoms in total. The van der Waals surface area contributed by atoms with Crippen LogP contribution in [0.5, 0.6) is 0 Å². The molecule has 0 aliphatic heterocycles. The SMILES string of the molecule is [N-]=[N+]=NCc1c(F)ccc(Cl)c1F. The lowest BCUT2D eigenvalue weighted by Gasteiger charge is -2.01. The van der Waals surface area contributed by atoms with Crippen molar-refractivity contribution in [3.05, 3.63) is 44.8 Å². The quantitative estimate of drug-likeness (QED) is 0.306. The molecule has 0 atom stereocenters. The van der Waals surface area contributed by atoms with E-state index in [1.54, 1.807) is 0 Å². The van der Waals surface area contributed by atoms with Gasteiger partial charge in [0.1, 0.15) is 11.6 Å². The van der Waals surface area contributed by atoms with Crippen molar-refractivity contribution in [2.24, 2.45) is 5.11 Å². The van der Waals surface area contributed by atoms with Gasteiger partial charge in [-0.2, -0.15) is 0 Å². The number of halogens is 3. The third-order valence-corrected chi connectivity index (χ3v) is 1.72. The molecule has 0 fully saturated rings. The number of benzene rings is 1. The molecule has 0 spiro atoms. The molecule has 0 bridgehead atoms. The summed E-state index contributed by atoms with van der Waals surface area (Å²) in [5, 5.41) is 2.86. The van der Waals surface area contributed by atoms with Gasteiger partial charge in [-0.05, 0) is 17.7 Å². The van der Waals surface area contributed by atoms with E-state index in [0.717, 1.165) is 12.1 Å². The van der Waals surface area contributed by atoms with Crippen LogP contribution >= 0.6 is 11.6 Å². The second-order valence-corrected chi connectivity index (χ2v) is 2.62. The zero-order valence-electron chi connectivity index (χ0n) is 6.34. The minimum Gasteiger partial charge on any atom is -0.207 e. The monoisotopic (exact) mass is 203 g/mol. The van der Waals surface area contributed by atoms with Gasteiger partial charge in [-0.25, -0.2) is 8.78 Å². The topological polar surface area (TPSA) is 48.8 Å². The van der Waals surface area contributed by atoms with Gasteiger partial charge in [-0.3, -0.25) is 0 Å². The number of hydrogen-bond donors (Lipinski definition) is 0. The van der Waals surface area contributed by atoms with Crippen LogP contribution in [-0.2, 0) is 6.54 Å². The molecule has 0 aliphatic rings. The lowest BCUT2D eigenvalue weighted by Crippen LogP contribution is -1.94. The first kappa shape index (κ1) is 9.77. The molecule has 1 rings (SSSR count). The standard InChI is InChI=1S/C7H4ClF2N3/c8-5-1-2-6(9)4(7(5)10)3-12-13-11/h1-2H,3H2. The zero-order chi connectivity index (χ0) is 9.84. The Bertz CT molecular complexity index is 374. The summed E-state index contributed by atoms with van der Waals surface area (Å²) in [5.41, 5.74) is 7.64. The van der Waals surface area contributed by atoms with Crippen molar-refractivity contribution in [3.63, 3.8) is 0 Å². The lowest BCUT2D eigenvalue weighted by molar-refractivity contribution is 0.557. The highest BCUT2D eigenvalue weighted by molar-refractivity contribution is 6.30. The first-order valence-corrected chi connectivity index (χ1v) is 3.68. The first-order valence-electron chi connectivity index (χ1n) is 3.30. The molecule has 0 saturated heterocycles. The summed E-state index contributed by atoms with van der Waals surface area (Å²) in [4.78, 5) is 2.39. The van der Waals surface area contributed by atoms with E-state index in [1.165, 1.54) is 0 Å². The minimum absolute atomic E-state index is 0.190. The minimum atomic E-state index is -0.880. The second-order valence-electron chi connectivity index (χ2n) is 2.21. The highest BCUT2D eigenvalue weighted by Gasteiger charge is 2.10. The molecule has 0 aliphatic carbocycles. The second kappa shape index (κ2) is 4.07. The van der Waals surface area contributed by atoms with Crippen LogP contribution in [0.2, 0.25) is 5.02 Å². The predicted octanol–water partition coefficient (Wildman–Crippen LogP) is 3.43. The molecule has 0 unspecified atom stereocenters. The molecule has 0 amide bonds. The highest BCUT2D eigenvalue weighted by atomic mass is 35.5. The predicted molar refractivity (Wildman–Crippen MR) is 44.2 cm³/mol. The van der Waals surface area contributed by atoms with Crippen molar-refractivity contribution >= 4 is 11.6 Å². The van der Waals surface area contributed by atoms with Gasteiger partial charge in [-0.1, -0.05) is 16.7 Å². The maximum absolute atomic E-state index is 13.0. The molecule has 0 saturated carbocycles. The van der Waals surface area contributed by atoms with Gasteiger partial charge in [0.25, 0.3) is 0 Å². The number of rotatable bonds is 2. The molecule has 1 aromatic carbocycles. The van der Waals surface area contributed by atoms with Crippen LogP contribution in [-0.4, -0.2) is 0 Å². The van der Waals surface area contributed by atoms with Crippen LogP contribution in [0.4, 0.5) is 8.78 Å². The maximum Gasteiger partial charge on any atom is 0.148 e. The van der Waals surface area contributed by atoms with E-state index in [2.05, 4.69) is 10.0 Å². The summed E-state index contributed by atoms with van der Waals surface area (Å²) >= 11 is 5.39. The Kier molecular flexibility index (Phi) is 3.06. The molecule has 0 heterocycles. The highest BCUT2D eigenvalue weighted by Crippen LogP contribution is 2.21. The molecule has 13 heavy (non-hydrogen) atoms. The summed E-state index contributed by atoms with van der Waals surface area (Å²) < 4.78 is 25.9. The number of azide groups is 1. The van der Waals surface area contributed by atoms with Gasteiger partial charge in [0.15, 0.2) is 0 Å². The van der Waals surface area contributed by atoms with Crippen LogP contribution in [0, 0.1) is 11.6 Å². The number of hydrogen-bond acceptors (Lipinski definition) is 1.